The number of ether oxygens (including phenoxy) is 1. The van der Waals surface area contributed by atoms with Crippen LogP contribution in [0.3, 0.4) is 0 Å². The van der Waals surface area contributed by atoms with Crippen molar-refractivity contribution < 1.29 is 14.6 Å². The summed E-state index contributed by atoms with van der Waals surface area (Å²) in [5, 5.41) is 22.8. The molecule has 0 aliphatic carbocycles. The molecule has 24 heavy (non-hydrogen) atoms. The van der Waals surface area contributed by atoms with Gasteiger partial charge in [-0.3, -0.25) is 4.68 Å². The Kier molecular flexibility index (Phi) is 4.93. The molecule has 1 aromatic heterocycles. The zero-order valence-electron chi connectivity index (χ0n) is 14.5. The third-order valence-electron chi connectivity index (χ3n) is 4.06. The van der Waals surface area contributed by atoms with Crippen LogP contribution in [0.4, 0.5) is 0 Å². The summed E-state index contributed by atoms with van der Waals surface area (Å²) in [4.78, 5) is 11.4. The maximum absolute atomic E-state index is 11.4. The molecule has 126 valence electrons. The van der Waals surface area contributed by atoms with Gasteiger partial charge < -0.3 is 9.84 Å². The number of aliphatic carboxylic acids is 1. The monoisotopic (exact) mass is 327 g/mol. The van der Waals surface area contributed by atoms with Gasteiger partial charge in [-0.1, -0.05) is 6.92 Å². The van der Waals surface area contributed by atoms with Crippen molar-refractivity contribution in [3.05, 3.63) is 40.2 Å². The second-order valence-corrected chi connectivity index (χ2v) is 5.85. The first kappa shape index (κ1) is 17.5. The molecule has 1 unspecified atom stereocenters. The van der Waals surface area contributed by atoms with Gasteiger partial charge in [-0.05, 0) is 57.4 Å². The molecular weight excluding hydrogens is 306 g/mol. The van der Waals surface area contributed by atoms with E-state index < -0.39 is 12.0 Å². The van der Waals surface area contributed by atoms with Gasteiger partial charge in [-0.25, -0.2) is 4.79 Å². The Morgan fingerprint density at radius 2 is 1.92 bits per heavy atom. The number of aromatic nitrogens is 2. The van der Waals surface area contributed by atoms with E-state index in [2.05, 4.69) is 11.2 Å². The van der Waals surface area contributed by atoms with Crippen LogP contribution in [0.1, 0.15) is 47.5 Å². The molecule has 2 rings (SSSR count). The average molecular weight is 327 g/mol. The van der Waals surface area contributed by atoms with Gasteiger partial charge in [0.15, 0.2) is 5.75 Å². The van der Waals surface area contributed by atoms with Crippen molar-refractivity contribution in [2.45, 2.75) is 47.1 Å². The summed E-state index contributed by atoms with van der Waals surface area (Å²) in [6.45, 7) is 9.11. The molecule has 0 saturated heterocycles. The van der Waals surface area contributed by atoms with Crippen LogP contribution in [0, 0.1) is 39.0 Å². The smallest absolute Gasteiger partial charge is 0.328 e. The van der Waals surface area contributed by atoms with E-state index in [0.717, 1.165) is 11.1 Å². The number of nitrogens with zero attached hydrogens (tertiary/aromatic N) is 3. The van der Waals surface area contributed by atoms with E-state index in [4.69, 9.17) is 10.00 Å². The lowest BCUT2D eigenvalue weighted by atomic mass is 10.0. The maximum atomic E-state index is 11.4. The lowest BCUT2D eigenvalue weighted by Gasteiger charge is -2.13. The molecule has 0 bridgehead atoms. The topological polar surface area (TPSA) is 88.1 Å². The van der Waals surface area contributed by atoms with Crippen molar-refractivity contribution in [3.8, 4) is 17.6 Å². The highest BCUT2D eigenvalue weighted by atomic mass is 16.5. The molecule has 0 amide bonds. The Balaban J connectivity index is 2.43. The Labute approximate surface area is 141 Å². The Morgan fingerprint density at radius 3 is 2.38 bits per heavy atom. The van der Waals surface area contributed by atoms with Crippen LogP contribution in [-0.2, 0) is 4.79 Å². The first-order chi connectivity index (χ1) is 11.3. The predicted molar refractivity (Wildman–Crippen MR) is 89.4 cm³/mol. The quantitative estimate of drug-likeness (QED) is 0.902. The summed E-state index contributed by atoms with van der Waals surface area (Å²) in [5.41, 5.74) is 3.62. The molecule has 0 aliphatic heterocycles. The van der Waals surface area contributed by atoms with Crippen LogP contribution in [-0.4, -0.2) is 20.9 Å². The van der Waals surface area contributed by atoms with Crippen molar-refractivity contribution in [1.82, 2.24) is 9.78 Å². The largest absolute Gasteiger partial charge is 0.480 e. The highest BCUT2D eigenvalue weighted by Gasteiger charge is 2.24. The minimum Gasteiger partial charge on any atom is -0.480 e. The van der Waals surface area contributed by atoms with Crippen molar-refractivity contribution in [2.24, 2.45) is 0 Å². The van der Waals surface area contributed by atoms with Crippen LogP contribution >= 0.6 is 0 Å². The molecule has 2 aromatic rings. The number of hydrogen-bond acceptors (Lipinski definition) is 4. The molecule has 0 spiro atoms. The van der Waals surface area contributed by atoms with Crippen molar-refractivity contribution in [1.29, 1.82) is 5.26 Å². The maximum Gasteiger partial charge on any atom is 0.328 e. The molecule has 0 fully saturated rings. The zero-order chi connectivity index (χ0) is 18.0. The number of rotatable bonds is 5. The number of hydrogen-bond donors (Lipinski definition) is 1. The van der Waals surface area contributed by atoms with Crippen LogP contribution in [0.5, 0.6) is 11.5 Å². The number of aryl methyl sites for hydroxylation is 3. The Hall–Kier alpha value is -2.81. The average Bonchev–Trinajstić information content (AvgIpc) is 2.76. The summed E-state index contributed by atoms with van der Waals surface area (Å²) >= 11 is 0. The Bertz CT molecular complexity index is 808. The minimum absolute atomic E-state index is 0.436. The summed E-state index contributed by atoms with van der Waals surface area (Å²) < 4.78 is 7.47. The molecule has 0 radical (unpaired) electrons. The molecule has 0 saturated carbocycles. The fourth-order valence-corrected chi connectivity index (χ4v) is 2.83. The molecule has 6 heteroatoms. The molecule has 6 nitrogen and oxygen atoms in total. The summed E-state index contributed by atoms with van der Waals surface area (Å²) in [5.74, 6) is 0.246. The molecule has 0 aliphatic rings. The van der Waals surface area contributed by atoms with Gasteiger partial charge in [0.1, 0.15) is 17.5 Å². The molecule has 1 N–H and O–H groups in total. The van der Waals surface area contributed by atoms with Gasteiger partial charge in [0.25, 0.3) is 0 Å². The zero-order valence-corrected chi connectivity index (χ0v) is 14.5. The third-order valence-corrected chi connectivity index (χ3v) is 4.06. The van der Waals surface area contributed by atoms with Crippen LogP contribution in [0.15, 0.2) is 12.1 Å². The van der Waals surface area contributed by atoms with E-state index in [1.165, 1.54) is 4.68 Å². The highest BCUT2D eigenvalue weighted by molar-refractivity contribution is 5.72. The van der Waals surface area contributed by atoms with E-state index in [9.17, 15) is 9.90 Å². The number of carboxylic acid groups (broad SMARTS) is 1. The van der Waals surface area contributed by atoms with Crippen LogP contribution in [0.25, 0.3) is 0 Å². The van der Waals surface area contributed by atoms with Gasteiger partial charge in [0.05, 0.1) is 17.3 Å². The van der Waals surface area contributed by atoms with Crippen molar-refractivity contribution in [2.75, 3.05) is 0 Å². The fraction of sp³-hybridized carbons (Fsp3) is 0.389. The molecule has 1 heterocycles. The molecule has 1 atom stereocenters. The van der Waals surface area contributed by atoms with E-state index in [1.807, 2.05) is 20.8 Å². The SMILES string of the molecule is CCC(C(=O)O)n1nc(C)c(Oc2cc(C)c(C#N)c(C)c2)c1C. The third kappa shape index (κ3) is 3.11. The lowest BCUT2D eigenvalue weighted by molar-refractivity contribution is -0.141. The standard InChI is InChI=1S/C18H21N3O3/c1-6-16(18(22)23)21-13(5)17(12(4)20-21)24-14-7-10(2)15(9-19)11(3)8-14/h7-8,16H,6H2,1-5H3,(H,22,23). The summed E-state index contributed by atoms with van der Waals surface area (Å²) in [6.07, 6.45) is 0.436. The van der Waals surface area contributed by atoms with Gasteiger partial charge in [-0.2, -0.15) is 10.4 Å². The highest BCUT2D eigenvalue weighted by Crippen LogP contribution is 2.32. The fourth-order valence-electron chi connectivity index (χ4n) is 2.83. The normalized spacial score (nSPS) is 11.8. The number of carbonyl (C=O) groups is 1. The Morgan fingerprint density at radius 1 is 1.33 bits per heavy atom. The van der Waals surface area contributed by atoms with E-state index >= 15 is 0 Å². The number of carboxylic acids is 1. The first-order valence-electron chi connectivity index (χ1n) is 7.77. The molecule has 1 aromatic carbocycles. The summed E-state index contributed by atoms with van der Waals surface area (Å²) in [6, 6.07) is 5.07. The lowest BCUT2D eigenvalue weighted by Crippen LogP contribution is -2.20. The van der Waals surface area contributed by atoms with Crippen molar-refractivity contribution >= 4 is 5.97 Å². The second kappa shape index (κ2) is 6.75. The van der Waals surface area contributed by atoms with Gasteiger partial charge >= 0.3 is 5.97 Å². The predicted octanol–water partition coefficient (Wildman–Crippen LogP) is 3.82. The minimum atomic E-state index is -0.917. The van der Waals surface area contributed by atoms with E-state index in [-0.39, 0.29) is 0 Å². The first-order valence-corrected chi connectivity index (χ1v) is 7.77. The van der Waals surface area contributed by atoms with Crippen LogP contribution < -0.4 is 4.74 Å². The van der Waals surface area contributed by atoms with Crippen molar-refractivity contribution in [3.63, 3.8) is 0 Å². The number of nitriles is 1. The van der Waals surface area contributed by atoms with E-state index in [1.54, 1.807) is 26.0 Å². The molecular formula is C18H21N3O3. The van der Waals surface area contributed by atoms with Crippen LogP contribution in [0.2, 0.25) is 0 Å². The summed E-state index contributed by atoms with van der Waals surface area (Å²) in [7, 11) is 0. The number of benzene rings is 1. The second-order valence-electron chi connectivity index (χ2n) is 5.85. The van der Waals surface area contributed by atoms with Gasteiger partial charge in [0.2, 0.25) is 0 Å². The van der Waals surface area contributed by atoms with Gasteiger partial charge in [0, 0.05) is 0 Å². The van der Waals surface area contributed by atoms with E-state index in [0.29, 0.717) is 34.9 Å². The van der Waals surface area contributed by atoms with Gasteiger partial charge in [-0.15, -0.1) is 0 Å².